The zero-order valence-electron chi connectivity index (χ0n) is 12.7. The van der Waals surface area contributed by atoms with Gasteiger partial charge in [-0.1, -0.05) is 19.3 Å². The molecule has 20 heavy (non-hydrogen) atoms. The van der Waals surface area contributed by atoms with E-state index in [4.69, 9.17) is 0 Å². The van der Waals surface area contributed by atoms with Gasteiger partial charge in [-0.3, -0.25) is 9.36 Å². The summed E-state index contributed by atoms with van der Waals surface area (Å²) in [6, 6.07) is 0.391. The summed E-state index contributed by atoms with van der Waals surface area (Å²) in [6.07, 6.45) is 6.35. The van der Waals surface area contributed by atoms with Gasteiger partial charge in [-0.25, -0.2) is 4.79 Å². The second-order valence-electron chi connectivity index (χ2n) is 5.84. The number of aromatic nitrogens is 2. The summed E-state index contributed by atoms with van der Waals surface area (Å²) in [4.78, 5) is 28.6. The van der Waals surface area contributed by atoms with Gasteiger partial charge >= 0.3 is 5.69 Å². The summed E-state index contributed by atoms with van der Waals surface area (Å²) in [6.45, 7) is 4.25. The number of hydrogen-bond donors (Lipinski definition) is 1. The molecule has 0 aliphatic heterocycles. The van der Waals surface area contributed by atoms with Gasteiger partial charge in [0.1, 0.15) is 0 Å². The normalized spacial score (nSPS) is 16.4. The van der Waals surface area contributed by atoms with Crippen LogP contribution in [-0.4, -0.2) is 33.4 Å². The molecule has 0 radical (unpaired) electrons. The first kappa shape index (κ1) is 14.9. The Bertz CT molecular complexity index is 524. The summed E-state index contributed by atoms with van der Waals surface area (Å²) in [5.74, 6) is 0.141. The lowest BCUT2D eigenvalue weighted by Gasteiger charge is -2.31. The molecule has 112 valence electrons. The van der Waals surface area contributed by atoms with Crippen molar-refractivity contribution < 1.29 is 4.79 Å². The lowest BCUT2D eigenvalue weighted by Crippen LogP contribution is -2.39. The van der Waals surface area contributed by atoms with Gasteiger partial charge in [0.2, 0.25) is 5.91 Å². The van der Waals surface area contributed by atoms with Crippen LogP contribution in [0.4, 0.5) is 0 Å². The Kier molecular flexibility index (Phi) is 4.68. The highest BCUT2D eigenvalue weighted by Gasteiger charge is 2.22. The largest absolute Gasteiger partial charge is 0.343 e. The smallest absolute Gasteiger partial charge is 0.325 e. The maximum atomic E-state index is 12.2. The second kappa shape index (κ2) is 6.29. The second-order valence-corrected chi connectivity index (χ2v) is 5.84. The minimum Gasteiger partial charge on any atom is -0.343 e. The average Bonchev–Trinajstić information content (AvgIpc) is 2.70. The summed E-state index contributed by atoms with van der Waals surface area (Å²) < 4.78 is 1.65. The van der Waals surface area contributed by atoms with E-state index in [1.54, 1.807) is 4.57 Å². The van der Waals surface area contributed by atoms with Gasteiger partial charge in [0.25, 0.3) is 0 Å². The SMILES string of the molecule is Cc1[nH]c(=O)n(CCC(=O)N(C)C2CCCCC2)c1C. The van der Waals surface area contributed by atoms with Gasteiger partial charge in [-0.2, -0.15) is 0 Å². The van der Waals surface area contributed by atoms with Crippen LogP contribution in [0.5, 0.6) is 0 Å². The fraction of sp³-hybridized carbons (Fsp3) is 0.733. The van der Waals surface area contributed by atoms with E-state index in [1.165, 1.54) is 19.3 Å². The molecule has 1 N–H and O–H groups in total. The van der Waals surface area contributed by atoms with Crippen molar-refractivity contribution >= 4 is 5.91 Å². The van der Waals surface area contributed by atoms with Crippen LogP contribution in [0.2, 0.25) is 0 Å². The lowest BCUT2D eigenvalue weighted by atomic mass is 9.94. The fourth-order valence-electron chi connectivity index (χ4n) is 3.00. The molecule has 1 aliphatic rings. The summed E-state index contributed by atoms with van der Waals surface area (Å²) >= 11 is 0. The maximum absolute atomic E-state index is 12.2. The molecule has 0 spiro atoms. The fourth-order valence-corrected chi connectivity index (χ4v) is 3.00. The van der Waals surface area contributed by atoms with Crippen LogP contribution in [0.3, 0.4) is 0 Å². The Balaban J connectivity index is 1.92. The Morgan fingerprint density at radius 3 is 2.50 bits per heavy atom. The first-order valence-electron chi connectivity index (χ1n) is 7.52. The predicted molar refractivity (Wildman–Crippen MR) is 78.8 cm³/mol. The molecule has 1 saturated carbocycles. The number of hydrogen-bond acceptors (Lipinski definition) is 2. The quantitative estimate of drug-likeness (QED) is 0.916. The number of carbonyl (C=O) groups is 1. The van der Waals surface area contributed by atoms with Crippen LogP contribution in [0.15, 0.2) is 4.79 Å². The number of imidazole rings is 1. The topological polar surface area (TPSA) is 58.1 Å². The number of carbonyl (C=O) groups excluding carboxylic acids is 1. The summed E-state index contributed by atoms with van der Waals surface area (Å²) in [5.41, 5.74) is 1.68. The molecule has 5 nitrogen and oxygen atoms in total. The number of rotatable bonds is 4. The standard InChI is InChI=1S/C15H25N3O2/c1-11-12(2)18(15(20)16-11)10-9-14(19)17(3)13-7-5-4-6-8-13/h13H,4-10H2,1-3H3,(H,16,20). The van der Waals surface area contributed by atoms with Crippen molar-refractivity contribution in [2.75, 3.05) is 7.05 Å². The first-order chi connectivity index (χ1) is 9.50. The molecule has 1 heterocycles. The van der Waals surface area contributed by atoms with E-state index in [2.05, 4.69) is 4.98 Å². The summed E-state index contributed by atoms with van der Waals surface area (Å²) in [5, 5.41) is 0. The molecule has 1 aliphatic carbocycles. The number of nitrogens with zero attached hydrogens (tertiary/aromatic N) is 2. The Hall–Kier alpha value is -1.52. The third-order valence-corrected chi connectivity index (χ3v) is 4.55. The molecule has 0 bridgehead atoms. The Morgan fingerprint density at radius 1 is 1.30 bits per heavy atom. The molecule has 5 heteroatoms. The number of aromatic amines is 1. The predicted octanol–water partition coefficient (Wildman–Crippen LogP) is 1.97. The maximum Gasteiger partial charge on any atom is 0.325 e. The highest BCUT2D eigenvalue weighted by Crippen LogP contribution is 2.22. The lowest BCUT2D eigenvalue weighted by molar-refractivity contribution is -0.132. The first-order valence-corrected chi connectivity index (χ1v) is 7.52. The van der Waals surface area contributed by atoms with Crippen LogP contribution in [0.1, 0.15) is 49.9 Å². The van der Waals surface area contributed by atoms with E-state index in [0.29, 0.717) is 19.0 Å². The molecular formula is C15H25N3O2. The molecular weight excluding hydrogens is 254 g/mol. The van der Waals surface area contributed by atoms with E-state index in [1.807, 2.05) is 25.8 Å². The molecule has 0 atom stereocenters. The molecule has 0 aromatic carbocycles. The molecule has 1 aromatic rings. The van der Waals surface area contributed by atoms with Crippen molar-refractivity contribution in [1.82, 2.24) is 14.5 Å². The zero-order chi connectivity index (χ0) is 14.7. The van der Waals surface area contributed by atoms with Crippen molar-refractivity contribution in [2.24, 2.45) is 0 Å². The molecule has 1 aromatic heterocycles. The molecule has 0 unspecified atom stereocenters. The Morgan fingerprint density at radius 2 is 1.95 bits per heavy atom. The van der Waals surface area contributed by atoms with Crippen LogP contribution >= 0.6 is 0 Å². The third kappa shape index (κ3) is 3.14. The third-order valence-electron chi connectivity index (χ3n) is 4.55. The zero-order valence-corrected chi connectivity index (χ0v) is 12.7. The van der Waals surface area contributed by atoms with Crippen LogP contribution in [0, 0.1) is 13.8 Å². The van der Waals surface area contributed by atoms with E-state index in [-0.39, 0.29) is 11.6 Å². The van der Waals surface area contributed by atoms with Crippen LogP contribution in [-0.2, 0) is 11.3 Å². The van der Waals surface area contributed by atoms with Crippen LogP contribution in [0.25, 0.3) is 0 Å². The monoisotopic (exact) mass is 279 g/mol. The van der Waals surface area contributed by atoms with Crippen molar-refractivity contribution in [3.63, 3.8) is 0 Å². The molecule has 1 fully saturated rings. The van der Waals surface area contributed by atoms with Crippen molar-refractivity contribution in [1.29, 1.82) is 0 Å². The van der Waals surface area contributed by atoms with Crippen molar-refractivity contribution in [2.45, 2.75) is 65.0 Å². The average molecular weight is 279 g/mol. The molecule has 0 saturated heterocycles. The van der Waals surface area contributed by atoms with Gasteiger partial charge in [-0.05, 0) is 26.7 Å². The number of nitrogens with one attached hydrogen (secondary N) is 1. The van der Waals surface area contributed by atoms with Gasteiger partial charge < -0.3 is 9.88 Å². The highest BCUT2D eigenvalue weighted by molar-refractivity contribution is 5.76. The van der Waals surface area contributed by atoms with Gasteiger partial charge in [-0.15, -0.1) is 0 Å². The van der Waals surface area contributed by atoms with E-state index in [9.17, 15) is 9.59 Å². The van der Waals surface area contributed by atoms with E-state index in [0.717, 1.165) is 24.2 Å². The summed E-state index contributed by atoms with van der Waals surface area (Å²) in [7, 11) is 1.90. The van der Waals surface area contributed by atoms with E-state index >= 15 is 0 Å². The molecule has 1 amide bonds. The Labute approximate surface area is 120 Å². The van der Waals surface area contributed by atoms with Gasteiger partial charge in [0.15, 0.2) is 0 Å². The number of amides is 1. The van der Waals surface area contributed by atoms with Crippen molar-refractivity contribution in [3.8, 4) is 0 Å². The number of aryl methyl sites for hydroxylation is 1. The molecule has 2 rings (SSSR count). The minimum absolute atomic E-state index is 0.117. The number of H-pyrrole nitrogens is 1. The van der Waals surface area contributed by atoms with Crippen LogP contribution < -0.4 is 5.69 Å². The highest BCUT2D eigenvalue weighted by atomic mass is 16.2. The van der Waals surface area contributed by atoms with Gasteiger partial charge in [0.05, 0.1) is 0 Å². The minimum atomic E-state index is -0.117. The van der Waals surface area contributed by atoms with E-state index < -0.39 is 0 Å². The van der Waals surface area contributed by atoms with Crippen molar-refractivity contribution in [3.05, 3.63) is 21.9 Å². The van der Waals surface area contributed by atoms with Gasteiger partial charge in [0, 0.05) is 37.4 Å².